The van der Waals surface area contributed by atoms with Gasteiger partial charge in [-0.05, 0) is 25.1 Å². The number of benzene rings is 1. The molecule has 2 aromatic heterocycles. The van der Waals surface area contributed by atoms with Gasteiger partial charge in [0, 0.05) is 44.6 Å². The molecule has 1 aliphatic rings. The van der Waals surface area contributed by atoms with Gasteiger partial charge in [0.2, 0.25) is 9.84 Å². The summed E-state index contributed by atoms with van der Waals surface area (Å²) in [6, 6.07) is 8.64. The van der Waals surface area contributed by atoms with Crippen LogP contribution in [-0.2, 0) is 9.84 Å². The lowest BCUT2D eigenvalue weighted by atomic mass is 10.2. The van der Waals surface area contributed by atoms with Crippen molar-refractivity contribution in [1.82, 2.24) is 24.6 Å². The Balaban J connectivity index is 1.52. The third-order valence-corrected chi connectivity index (χ3v) is 6.54. The monoisotopic (exact) mass is 462 g/mol. The van der Waals surface area contributed by atoms with Crippen LogP contribution in [0.25, 0.3) is 5.82 Å². The SMILES string of the molecule is Cc1nc(N2CCN(C(=O)c3ccccc3S(=O)(=O)C(F)F)CC2)cc(-n2cccn2)n1. The van der Waals surface area contributed by atoms with Gasteiger partial charge < -0.3 is 9.80 Å². The summed E-state index contributed by atoms with van der Waals surface area (Å²) in [5.41, 5.74) is -0.250. The molecular formula is C20H20F2N6O3S. The molecule has 1 aliphatic heterocycles. The number of sulfone groups is 1. The number of aryl methyl sites for hydroxylation is 1. The average Bonchev–Trinajstić information content (AvgIpc) is 3.33. The third-order valence-electron chi connectivity index (χ3n) is 5.10. The first-order valence-electron chi connectivity index (χ1n) is 9.78. The molecule has 0 atom stereocenters. The fraction of sp³-hybridized carbons (Fsp3) is 0.300. The molecule has 4 rings (SSSR count). The first kappa shape index (κ1) is 21.8. The van der Waals surface area contributed by atoms with E-state index in [9.17, 15) is 22.0 Å². The Morgan fingerprint density at radius 1 is 1.03 bits per heavy atom. The number of hydrogen-bond acceptors (Lipinski definition) is 7. The van der Waals surface area contributed by atoms with Crippen LogP contribution in [0.3, 0.4) is 0 Å². The largest absolute Gasteiger partial charge is 0.353 e. The molecule has 1 saturated heterocycles. The Morgan fingerprint density at radius 3 is 2.38 bits per heavy atom. The van der Waals surface area contributed by atoms with Gasteiger partial charge in [-0.2, -0.15) is 13.9 Å². The molecule has 9 nitrogen and oxygen atoms in total. The van der Waals surface area contributed by atoms with Gasteiger partial charge in [-0.25, -0.2) is 23.1 Å². The number of amides is 1. The van der Waals surface area contributed by atoms with Crippen molar-refractivity contribution < 1.29 is 22.0 Å². The fourth-order valence-corrected chi connectivity index (χ4v) is 4.44. The molecule has 12 heteroatoms. The quantitative estimate of drug-likeness (QED) is 0.571. The van der Waals surface area contributed by atoms with Crippen LogP contribution in [-0.4, -0.2) is 70.9 Å². The minimum Gasteiger partial charge on any atom is -0.353 e. The normalized spacial score (nSPS) is 14.8. The molecule has 0 unspecified atom stereocenters. The summed E-state index contributed by atoms with van der Waals surface area (Å²) in [7, 11) is -4.89. The molecule has 0 saturated carbocycles. The van der Waals surface area contributed by atoms with Gasteiger partial charge in [-0.15, -0.1) is 0 Å². The van der Waals surface area contributed by atoms with Gasteiger partial charge in [0.05, 0.1) is 10.5 Å². The number of nitrogens with zero attached hydrogens (tertiary/aromatic N) is 6. The molecular weight excluding hydrogens is 442 g/mol. The van der Waals surface area contributed by atoms with Gasteiger partial charge in [-0.3, -0.25) is 4.79 Å². The van der Waals surface area contributed by atoms with Crippen molar-refractivity contribution in [2.75, 3.05) is 31.1 Å². The van der Waals surface area contributed by atoms with Gasteiger partial charge in [0.15, 0.2) is 5.82 Å². The van der Waals surface area contributed by atoms with Crippen molar-refractivity contribution in [1.29, 1.82) is 0 Å². The van der Waals surface area contributed by atoms with E-state index in [1.807, 2.05) is 4.90 Å². The Kier molecular flexibility index (Phi) is 5.87. The highest BCUT2D eigenvalue weighted by Crippen LogP contribution is 2.24. The maximum atomic E-state index is 13.1. The highest BCUT2D eigenvalue weighted by Gasteiger charge is 2.33. The topological polar surface area (TPSA) is 101 Å². The van der Waals surface area contributed by atoms with E-state index < -0.39 is 26.4 Å². The number of halogens is 2. The van der Waals surface area contributed by atoms with Crippen molar-refractivity contribution >= 4 is 21.6 Å². The number of piperazine rings is 1. The molecule has 0 bridgehead atoms. The molecule has 0 aliphatic carbocycles. The van der Waals surface area contributed by atoms with E-state index in [1.165, 1.54) is 23.1 Å². The lowest BCUT2D eigenvalue weighted by molar-refractivity contribution is 0.0742. The number of hydrogen-bond donors (Lipinski definition) is 0. The molecule has 1 aromatic carbocycles. The molecule has 32 heavy (non-hydrogen) atoms. The second-order valence-corrected chi connectivity index (χ2v) is 9.05. The minimum absolute atomic E-state index is 0.250. The lowest BCUT2D eigenvalue weighted by Crippen LogP contribution is -2.49. The Hall–Kier alpha value is -3.41. The number of aromatic nitrogens is 4. The number of carbonyl (C=O) groups excluding carboxylic acids is 1. The molecule has 3 aromatic rings. The van der Waals surface area contributed by atoms with Crippen LogP contribution in [0.1, 0.15) is 16.2 Å². The predicted octanol–water partition coefficient (Wildman–Crippen LogP) is 1.93. The zero-order chi connectivity index (χ0) is 22.9. The maximum absolute atomic E-state index is 13.1. The summed E-state index contributed by atoms with van der Waals surface area (Å²) in [6.45, 7) is 3.20. The van der Waals surface area contributed by atoms with Crippen molar-refractivity contribution in [3.63, 3.8) is 0 Å². The lowest BCUT2D eigenvalue weighted by Gasteiger charge is -2.35. The minimum atomic E-state index is -4.89. The zero-order valence-electron chi connectivity index (χ0n) is 17.1. The van der Waals surface area contributed by atoms with Gasteiger partial charge in [0.1, 0.15) is 11.6 Å². The van der Waals surface area contributed by atoms with E-state index in [-0.39, 0.29) is 18.7 Å². The molecule has 1 fully saturated rings. The van der Waals surface area contributed by atoms with Crippen LogP contribution in [0.5, 0.6) is 0 Å². The zero-order valence-corrected chi connectivity index (χ0v) is 17.9. The van der Waals surface area contributed by atoms with Gasteiger partial charge >= 0.3 is 5.76 Å². The molecule has 0 radical (unpaired) electrons. The summed E-state index contributed by atoms with van der Waals surface area (Å²) < 4.78 is 51.7. The summed E-state index contributed by atoms with van der Waals surface area (Å²) in [5, 5.41) is 4.18. The van der Waals surface area contributed by atoms with Crippen LogP contribution in [0.4, 0.5) is 14.6 Å². The van der Waals surface area contributed by atoms with Gasteiger partial charge in [-0.1, -0.05) is 12.1 Å². The summed E-state index contributed by atoms with van der Waals surface area (Å²) in [4.78, 5) is 24.6. The Labute approximate surface area is 183 Å². The summed E-state index contributed by atoms with van der Waals surface area (Å²) in [5.74, 6) is -2.34. The Morgan fingerprint density at radius 2 is 1.72 bits per heavy atom. The van der Waals surface area contributed by atoms with Crippen molar-refractivity contribution in [3.8, 4) is 5.82 Å². The van der Waals surface area contributed by atoms with Crippen LogP contribution in [0.15, 0.2) is 53.7 Å². The molecule has 0 spiro atoms. The molecule has 0 N–H and O–H groups in total. The number of alkyl halides is 2. The standard InChI is InChI=1S/C20H20F2N6O3S/c1-14-24-17(13-18(25-14)28-8-4-7-23-28)26-9-11-27(12-10-26)19(29)15-5-2-3-6-16(15)32(30,31)20(21)22/h2-8,13,20H,9-12H2,1H3. The Bertz CT molecular complexity index is 1230. The van der Waals surface area contributed by atoms with Gasteiger partial charge in [0.25, 0.3) is 5.91 Å². The smallest absolute Gasteiger partial charge is 0.341 e. The highest BCUT2D eigenvalue weighted by molar-refractivity contribution is 7.91. The average molecular weight is 462 g/mol. The highest BCUT2D eigenvalue weighted by atomic mass is 32.2. The number of rotatable bonds is 5. The van der Waals surface area contributed by atoms with E-state index in [1.54, 1.807) is 36.1 Å². The molecule has 3 heterocycles. The third kappa shape index (κ3) is 4.17. The number of anilines is 1. The number of carbonyl (C=O) groups is 1. The van der Waals surface area contributed by atoms with E-state index >= 15 is 0 Å². The van der Waals surface area contributed by atoms with Crippen molar-refractivity contribution in [3.05, 3.63) is 60.2 Å². The van der Waals surface area contributed by atoms with E-state index in [0.29, 0.717) is 30.5 Å². The van der Waals surface area contributed by atoms with Crippen LogP contribution >= 0.6 is 0 Å². The van der Waals surface area contributed by atoms with E-state index in [2.05, 4.69) is 15.1 Å². The van der Waals surface area contributed by atoms with Crippen LogP contribution in [0.2, 0.25) is 0 Å². The molecule has 1 amide bonds. The first-order valence-corrected chi connectivity index (χ1v) is 11.3. The van der Waals surface area contributed by atoms with E-state index in [4.69, 9.17) is 0 Å². The fourth-order valence-electron chi connectivity index (χ4n) is 3.52. The van der Waals surface area contributed by atoms with Crippen LogP contribution < -0.4 is 4.90 Å². The second-order valence-electron chi connectivity index (χ2n) is 7.16. The first-order chi connectivity index (χ1) is 15.3. The van der Waals surface area contributed by atoms with E-state index in [0.717, 1.165) is 6.07 Å². The molecule has 168 valence electrons. The second kappa shape index (κ2) is 8.61. The van der Waals surface area contributed by atoms with Crippen LogP contribution in [0, 0.1) is 6.92 Å². The maximum Gasteiger partial charge on any atom is 0.341 e. The predicted molar refractivity (Wildman–Crippen MR) is 112 cm³/mol. The summed E-state index contributed by atoms with van der Waals surface area (Å²) in [6.07, 6.45) is 3.42. The van der Waals surface area contributed by atoms with Crippen molar-refractivity contribution in [2.24, 2.45) is 0 Å². The summed E-state index contributed by atoms with van der Waals surface area (Å²) >= 11 is 0. The van der Waals surface area contributed by atoms with Crippen molar-refractivity contribution in [2.45, 2.75) is 17.6 Å².